The van der Waals surface area contributed by atoms with Crippen LogP contribution in [-0.2, 0) is 6.54 Å². The first kappa shape index (κ1) is 12.3. The van der Waals surface area contributed by atoms with Gasteiger partial charge in [0.25, 0.3) is 0 Å². The van der Waals surface area contributed by atoms with Crippen LogP contribution in [0.1, 0.15) is 18.5 Å². The molecule has 1 N–H and O–H groups in total. The van der Waals surface area contributed by atoms with E-state index in [1.54, 1.807) is 0 Å². The van der Waals surface area contributed by atoms with Crippen LogP contribution < -0.4 is 5.32 Å². The van der Waals surface area contributed by atoms with Crippen LogP contribution in [-0.4, -0.2) is 35.6 Å². The molecule has 0 aliphatic carbocycles. The molecule has 3 heteroatoms. The van der Waals surface area contributed by atoms with E-state index < -0.39 is 0 Å². The molecule has 2 unspecified atom stereocenters. The summed E-state index contributed by atoms with van der Waals surface area (Å²) < 4.78 is 0. The second-order valence-corrected chi connectivity index (χ2v) is 6.15. The maximum atomic E-state index is 4.79. The number of nitrogens with zero attached hydrogens (tertiary/aromatic N) is 2. The standard InChI is InChI=1S/C17H21N3/c1-2-6-16-13(4-1)7-8-15(19-16)11-20-10-14-5-3-9-18-17(14)12-20/h1-2,4,6-8,14,17-18H,3,5,9-12H2. The Kier molecular flexibility index (Phi) is 3.17. The van der Waals surface area contributed by atoms with Gasteiger partial charge in [0.1, 0.15) is 0 Å². The molecular formula is C17H21N3. The fourth-order valence-electron chi connectivity index (χ4n) is 3.69. The molecule has 1 aromatic carbocycles. The van der Waals surface area contributed by atoms with Gasteiger partial charge in [-0.05, 0) is 37.4 Å². The first-order valence-corrected chi connectivity index (χ1v) is 7.69. The topological polar surface area (TPSA) is 28.2 Å². The number of piperidine rings is 1. The van der Waals surface area contributed by atoms with Crippen molar-refractivity contribution < 1.29 is 0 Å². The number of aromatic nitrogens is 1. The Hall–Kier alpha value is -1.45. The number of para-hydroxylation sites is 1. The molecular weight excluding hydrogens is 246 g/mol. The molecule has 3 nitrogen and oxygen atoms in total. The molecule has 2 aromatic rings. The van der Waals surface area contributed by atoms with Gasteiger partial charge in [-0.1, -0.05) is 24.3 Å². The van der Waals surface area contributed by atoms with Crippen molar-refractivity contribution in [1.82, 2.24) is 15.2 Å². The maximum absolute atomic E-state index is 4.79. The zero-order valence-corrected chi connectivity index (χ0v) is 11.8. The van der Waals surface area contributed by atoms with Gasteiger partial charge in [0.05, 0.1) is 11.2 Å². The molecule has 2 fully saturated rings. The first-order valence-electron chi connectivity index (χ1n) is 7.69. The lowest BCUT2D eigenvalue weighted by molar-refractivity contribution is 0.309. The van der Waals surface area contributed by atoms with Crippen molar-refractivity contribution in [2.75, 3.05) is 19.6 Å². The molecule has 0 amide bonds. The molecule has 0 bridgehead atoms. The van der Waals surface area contributed by atoms with E-state index in [0.29, 0.717) is 6.04 Å². The molecule has 2 saturated heterocycles. The molecule has 20 heavy (non-hydrogen) atoms. The van der Waals surface area contributed by atoms with Crippen molar-refractivity contribution in [2.24, 2.45) is 5.92 Å². The van der Waals surface area contributed by atoms with E-state index in [1.165, 1.54) is 43.6 Å². The van der Waals surface area contributed by atoms with Crippen LogP contribution in [0, 0.1) is 5.92 Å². The SMILES string of the molecule is c1ccc2nc(CN3CC4CCCNC4C3)ccc2c1. The van der Waals surface area contributed by atoms with E-state index >= 15 is 0 Å². The third-order valence-electron chi connectivity index (χ3n) is 4.72. The van der Waals surface area contributed by atoms with Crippen LogP contribution in [0.25, 0.3) is 10.9 Å². The number of rotatable bonds is 2. The van der Waals surface area contributed by atoms with E-state index in [2.05, 4.69) is 46.6 Å². The van der Waals surface area contributed by atoms with E-state index in [4.69, 9.17) is 4.98 Å². The minimum Gasteiger partial charge on any atom is -0.312 e. The minimum atomic E-state index is 0.712. The summed E-state index contributed by atoms with van der Waals surface area (Å²) in [4.78, 5) is 7.35. The summed E-state index contributed by atoms with van der Waals surface area (Å²) in [5.41, 5.74) is 2.31. The average molecular weight is 267 g/mol. The Morgan fingerprint density at radius 1 is 1.15 bits per heavy atom. The molecule has 3 heterocycles. The summed E-state index contributed by atoms with van der Waals surface area (Å²) >= 11 is 0. The van der Waals surface area contributed by atoms with Gasteiger partial charge >= 0.3 is 0 Å². The molecule has 0 spiro atoms. The number of pyridine rings is 1. The maximum Gasteiger partial charge on any atom is 0.0705 e. The van der Waals surface area contributed by atoms with Gasteiger partial charge in [-0.3, -0.25) is 9.88 Å². The largest absolute Gasteiger partial charge is 0.312 e. The van der Waals surface area contributed by atoms with Crippen LogP contribution in [0.4, 0.5) is 0 Å². The monoisotopic (exact) mass is 267 g/mol. The highest BCUT2D eigenvalue weighted by atomic mass is 15.2. The Labute approximate surface area is 120 Å². The van der Waals surface area contributed by atoms with Crippen molar-refractivity contribution in [3.63, 3.8) is 0 Å². The van der Waals surface area contributed by atoms with Crippen LogP contribution in [0.2, 0.25) is 0 Å². The zero-order chi connectivity index (χ0) is 13.4. The van der Waals surface area contributed by atoms with Gasteiger partial charge in [0, 0.05) is 31.1 Å². The van der Waals surface area contributed by atoms with Gasteiger partial charge in [0.15, 0.2) is 0 Å². The summed E-state index contributed by atoms with van der Waals surface area (Å²) in [5.74, 6) is 0.851. The Morgan fingerprint density at radius 2 is 2.10 bits per heavy atom. The number of benzene rings is 1. The number of hydrogen-bond acceptors (Lipinski definition) is 3. The average Bonchev–Trinajstić information content (AvgIpc) is 2.89. The summed E-state index contributed by atoms with van der Waals surface area (Å²) in [7, 11) is 0. The summed E-state index contributed by atoms with van der Waals surface area (Å²) in [5, 5.41) is 4.89. The van der Waals surface area contributed by atoms with Gasteiger partial charge in [0.2, 0.25) is 0 Å². The number of nitrogens with one attached hydrogen (secondary N) is 1. The van der Waals surface area contributed by atoms with Crippen LogP contribution in [0.5, 0.6) is 0 Å². The highest BCUT2D eigenvalue weighted by molar-refractivity contribution is 5.78. The van der Waals surface area contributed by atoms with Crippen molar-refractivity contribution in [2.45, 2.75) is 25.4 Å². The van der Waals surface area contributed by atoms with E-state index in [0.717, 1.165) is 18.0 Å². The molecule has 0 radical (unpaired) electrons. The predicted molar refractivity (Wildman–Crippen MR) is 81.5 cm³/mol. The second kappa shape index (κ2) is 5.15. The third kappa shape index (κ3) is 2.32. The molecule has 2 atom stereocenters. The van der Waals surface area contributed by atoms with Crippen LogP contribution >= 0.6 is 0 Å². The van der Waals surface area contributed by atoms with Crippen LogP contribution in [0.15, 0.2) is 36.4 Å². The van der Waals surface area contributed by atoms with E-state index in [-0.39, 0.29) is 0 Å². The van der Waals surface area contributed by atoms with Crippen molar-refractivity contribution in [1.29, 1.82) is 0 Å². The Balaban J connectivity index is 1.50. The van der Waals surface area contributed by atoms with Crippen molar-refractivity contribution >= 4 is 10.9 Å². The molecule has 0 saturated carbocycles. The number of hydrogen-bond donors (Lipinski definition) is 1. The Morgan fingerprint density at radius 3 is 3.05 bits per heavy atom. The normalized spacial score (nSPS) is 26.8. The fourth-order valence-corrected chi connectivity index (χ4v) is 3.69. The van der Waals surface area contributed by atoms with Crippen molar-refractivity contribution in [3.8, 4) is 0 Å². The lowest BCUT2D eigenvalue weighted by atomic mass is 9.94. The molecule has 2 aliphatic heterocycles. The van der Waals surface area contributed by atoms with Gasteiger partial charge < -0.3 is 5.32 Å². The zero-order valence-electron chi connectivity index (χ0n) is 11.8. The lowest BCUT2D eigenvalue weighted by Gasteiger charge is -2.24. The highest BCUT2D eigenvalue weighted by Gasteiger charge is 2.33. The lowest BCUT2D eigenvalue weighted by Crippen LogP contribution is -2.40. The molecule has 4 rings (SSSR count). The quantitative estimate of drug-likeness (QED) is 0.905. The summed E-state index contributed by atoms with van der Waals surface area (Å²) in [6.07, 6.45) is 2.72. The minimum absolute atomic E-state index is 0.712. The van der Waals surface area contributed by atoms with Gasteiger partial charge in [-0.25, -0.2) is 0 Å². The fraction of sp³-hybridized carbons (Fsp3) is 0.471. The van der Waals surface area contributed by atoms with Gasteiger partial charge in [-0.15, -0.1) is 0 Å². The number of fused-ring (bicyclic) bond motifs is 2. The van der Waals surface area contributed by atoms with Crippen LogP contribution in [0.3, 0.4) is 0 Å². The van der Waals surface area contributed by atoms with E-state index in [9.17, 15) is 0 Å². The number of likely N-dealkylation sites (tertiary alicyclic amines) is 1. The summed E-state index contributed by atoms with van der Waals surface area (Å²) in [6.45, 7) is 4.59. The second-order valence-electron chi connectivity index (χ2n) is 6.15. The smallest absolute Gasteiger partial charge is 0.0705 e. The summed E-state index contributed by atoms with van der Waals surface area (Å²) in [6, 6.07) is 13.4. The Bertz CT molecular complexity index is 596. The molecule has 2 aliphatic rings. The van der Waals surface area contributed by atoms with E-state index in [1.807, 2.05) is 0 Å². The van der Waals surface area contributed by atoms with Crippen molar-refractivity contribution in [3.05, 3.63) is 42.1 Å². The predicted octanol–water partition coefficient (Wildman–Crippen LogP) is 2.42. The van der Waals surface area contributed by atoms with Gasteiger partial charge in [-0.2, -0.15) is 0 Å². The molecule has 1 aromatic heterocycles. The third-order valence-corrected chi connectivity index (χ3v) is 4.72. The highest BCUT2D eigenvalue weighted by Crippen LogP contribution is 2.26. The molecule has 104 valence electrons. The first-order chi connectivity index (χ1) is 9.88.